The molecule has 0 heterocycles. The van der Waals surface area contributed by atoms with Crippen LogP contribution < -0.4 is 15.8 Å². The Morgan fingerprint density at radius 1 is 1.04 bits per heavy atom. The number of hydrogen-bond donors (Lipinski definition) is 3. The van der Waals surface area contributed by atoms with Crippen LogP contribution in [0.3, 0.4) is 0 Å². The second-order valence-corrected chi connectivity index (χ2v) is 7.32. The molecule has 0 spiro atoms. The van der Waals surface area contributed by atoms with Gasteiger partial charge in [-0.15, -0.1) is 0 Å². The summed E-state index contributed by atoms with van der Waals surface area (Å²) in [5.41, 5.74) is 6.97. The van der Waals surface area contributed by atoms with Crippen molar-refractivity contribution >= 4 is 56.2 Å². The highest BCUT2D eigenvalue weighted by Crippen LogP contribution is 2.31. The molecule has 23 heavy (non-hydrogen) atoms. The van der Waals surface area contributed by atoms with Crippen LogP contribution in [0.25, 0.3) is 0 Å². The molecule has 0 aliphatic heterocycles. The maximum Gasteiger partial charge on any atom is 0.255 e. The van der Waals surface area contributed by atoms with Gasteiger partial charge in [0, 0.05) is 16.9 Å². The summed E-state index contributed by atoms with van der Waals surface area (Å²) in [6.45, 7) is 0. The summed E-state index contributed by atoms with van der Waals surface area (Å²) in [4.78, 5) is 12.2. The molecule has 6 nitrogen and oxygen atoms in total. The van der Waals surface area contributed by atoms with Gasteiger partial charge >= 0.3 is 0 Å². The second kappa shape index (κ2) is 6.66. The van der Waals surface area contributed by atoms with Gasteiger partial charge in [-0.05, 0) is 36.4 Å². The first kappa shape index (κ1) is 17.4. The number of nitrogen functional groups attached to an aromatic ring is 1. The van der Waals surface area contributed by atoms with Crippen LogP contribution in [0.4, 0.5) is 17.1 Å². The van der Waals surface area contributed by atoms with Crippen LogP contribution in [0, 0.1) is 0 Å². The van der Waals surface area contributed by atoms with E-state index in [1.165, 1.54) is 36.4 Å². The smallest absolute Gasteiger partial charge is 0.255 e. The van der Waals surface area contributed by atoms with Gasteiger partial charge in [-0.2, -0.15) is 0 Å². The molecule has 0 atom stereocenters. The molecule has 122 valence electrons. The van der Waals surface area contributed by atoms with E-state index in [9.17, 15) is 13.2 Å². The molecule has 2 aromatic carbocycles. The quantitative estimate of drug-likeness (QED) is 0.716. The number of rotatable bonds is 4. The van der Waals surface area contributed by atoms with E-state index in [2.05, 4.69) is 10.0 Å². The summed E-state index contributed by atoms with van der Waals surface area (Å²) in [6, 6.07) is 8.92. The zero-order valence-electron chi connectivity index (χ0n) is 11.9. The van der Waals surface area contributed by atoms with Crippen LogP contribution in [-0.2, 0) is 10.0 Å². The number of hydrogen-bond acceptors (Lipinski definition) is 4. The molecule has 1 amide bonds. The van der Waals surface area contributed by atoms with Crippen LogP contribution in [0.2, 0.25) is 10.0 Å². The standard InChI is InChI=1S/C14H13Cl2N3O3S/c1-23(21,22)19-9-4-2-8(3-5-9)14(20)18-10-6-11(15)13(17)12(16)7-10/h2-7,19H,17H2,1H3,(H,18,20). The van der Waals surface area contributed by atoms with Crippen LogP contribution in [0.5, 0.6) is 0 Å². The van der Waals surface area contributed by atoms with Gasteiger partial charge in [0.15, 0.2) is 0 Å². The predicted octanol–water partition coefficient (Wildman–Crippen LogP) is 3.20. The molecule has 0 saturated carbocycles. The first-order valence-corrected chi connectivity index (χ1v) is 8.94. The van der Waals surface area contributed by atoms with Crippen molar-refractivity contribution in [1.29, 1.82) is 0 Å². The minimum atomic E-state index is -3.36. The first-order chi connectivity index (χ1) is 10.7. The van der Waals surface area contributed by atoms with E-state index in [0.717, 1.165) is 6.26 Å². The molecule has 2 aromatic rings. The van der Waals surface area contributed by atoms with Crippen LogP contribution in [0.15, 0.2) is 36.4 Å². The number of carbonyl (C=O) groups is 1. The van der Waals surface area contributed by atoms with Crippen molar-refractivity contribution in [1.82, 2.24) is 0 Å². The molecule has 0 saturated heterocycles. The van der Waals surface area contributed by atoms with Gasteiger partial charge in [0.2, 0.25) is 10.0 Å². The summed E-state index contributed by atoms with van der Waals surface area (Å²) in [6.07, 6.45) is 1.04. The Bertz CT molecular complexity index is 829. The van der Waals surface area contributed by atoms with Crippen molar-refractivity contribution in [3.05, 3.63) is 52.0 Å². The van der Waals surface area contributed by atoms with E-state index < -0.39 is 15.9 Å². The van der Waals surface area contributed by atoms with Crippen molar-refractivity contribution in [3.63, 3.8) is 0 Å². The molecule has 0 fully saturated rings. The molecule has 9 heteroatoms. The molecule has 0 aliphatic carbocycles. The van der Waals surface area contributed by atoms with Crippen LogP contribution in [-0.4, -0.2) is 20.6 Å². The molecule has 0 aliphatic rings. The summed E-state index contributed by atoms with van der Waals surface area (Å²) in [7, 11) is -3.36. The van der Waals surface area contributed by atoms with E-state index in [-0.39, 0.29) is 15.7 Å². The number of amides is 1. The zero-order chi connectivity index (χ0) is 17.2. The molecular formula is C14H13Cl2N3O3S. The fourth-order valence-electron chi connectivity index (χ4n) is 1.76. The normalized spacial score (nSPS) is 11.1. The Labute approximate surface area is 143 Å². The average molecular weight is 374 g/mol. The van der Waals surface area contributed by atoms with Gasteiger partial charge in [-0.1, -0.05) is 23.2 Å². The van der Waals surface area contributed by atoms with Crippen molar-refractivity contribution in [2.45, 2.75) is 0 Å². The van der Waals surface area contributed by atoms with E-state index in [4.69, 9.17) is 28.9 Å². The third-order valence-corrected chi connectivity index (χ3v) is 4.02. The summed E-state index contributed by atoms with van der Waals surface area (Å²) < 4.78 is 24.6. The molecular weight excluding hydrogens is 361 g/mol. The third kappa shape index (κ3) is 4.75. The zero-order valence-corrected chi connectivity index (χ0v) is 14.3. The SMILES string of the molecule is CS(=O)(=O)Nc1ccc(C(=O)Nc2cc(Cl)c(N)c(Cl)c2)cc1. The van der Waals surface area contributed by atoms with E-state index >= 15 is 0 Å². The molecule has 0 bridgehead atoms. The number of carbonyl (C=O) groups excluding carboxylic acids is 1. The molecule has 4 N–H and O–H groups in total. The van der Waals surface area contributed by atoms with Gasteiger partial charge < -0.3 is 11.1 Å². The van der Waals surface area contributed by atoms with Gasteiger partial charge in [0.25, 0.3) is 5.91 Å². The van der Waals surface area contributed by atoms with Gasteiger partial charge in [0.1, 0.15) is 0 Å². The molecule has 0 unspecified atom stereocenters. The number of halogens is 2. The van der Waals surface area contributed by atoms with Crippen molar-refractivity contribution < 1.29 is 13.2 Å². The first-order valence-electron chi connectivity index (χ1n) is 6.29. The largest absolute Gasteiger partial charge is 0.396 e. The summed E-state index contributed by atoms with van der Waals surface area (Å²) >= 11 is 11.8. The fraction of sp³-hybridized carbons (Fsp3) is 0.0714. The van der Waals surface area contributed by atoms with Gasteiger partial charge in [0.05, 0.1) is 22.0 Å². The highest BCUT2D eigenvalue weighted by molar-refractivity contribution is 7.92. The molecule has 2 rings (SSSR count). The monoisotopic (exact) mass is 373 g/mol. The Morgan fingerprint density at radius 2 is 1.57 bits per heavy atom. The van der Waals surface area contributed by atoms with Crippen LogP contribution >= 0.6 is 23.2 Å². The molecule has 0 aromatic heterocycles. The summed E-state index contributed by atoms with van der Waals surface area (Å²) in [5, 5.41) is 3.11. The van der Waals surface area contributed by atoms with Crippen molar-refractivity contribution in [2.24, 2.45) is 0 Å². The van der Waals surface area contributed by atoms with Crippen molar-refractivity contribution in [3.8, 4) is 0 Å². The number of benzene rings is 2. The average Bonchev–Trinajstić information content (AvgIpc) is 2.43. The number of nitrogens with one attached hydrogen (secondary N) is 2. The Hall–Kier alpha value is -1.96. The Balaban J connectivity index is 2.15. The van der Waals surface area contributed by atoms with Crippen molar-refractivity contribution in [2.75, 3.05) is 22.0 Å². The lowest BCUT2D eigenvalue weighted by atomic mass is 10.2. The van der Waals surface area contributed by atoms with Gasteiger partial charge in [-0.3, -0.25) is 9.52 Å². The summed E-state index contributed by atoms with van der Waals surface area (Å²) in [5.74, 6) is -0.396. The number of nitrogens with two attached hydrogens (primary N) is 1. The second-order valence-electron chi connectivity index (χ2n) is 4.76. The number of sulfonamides is 1. The minimum Gasteiger partial charge on any atom is -0.396 e. The van der Waals surface area contributed by atoms with E-state index in [0.29, 0.717) is 16.9 Å². The minimum absolute atomic E-state index is 0.237. The maximum atomic E-state index is 12.2. The Morgan fingerprint density at radius 3 is 2.04 bits per heavy atom. The topological polar surface area (TPSA) is 101 Å². The third-order valence-electron chi connectivity index (χ3n) is 2.79. The van der Waals surface area contributed by atoms with Crippen LogP contribution in [0.1, 0.15) is 10.4 Å². The Kier molecular flexibility index (Phi) is 5.03. The maximum absolute atomic E-state index is 12.2. The predicted molar refractivity (Wildman–Crippen MR) is 93.7 cm³/mol. The van der Waals surface area contributed by atoms with E-state index in [1.54, 1.807) is 0 Å². The molecule has 0 radical (unpaired) electrons. The highest BCUT2D eigenvalue weighted by Gasteiger charge is 2.10. The van der Waals surface area contributed by atoms with Gasteiger partial charge in [-0.25, -0.2) is 8.42 Å². The lowest BCUT2D eigenvalue weighted by Crippen LogP contribution is -2.13. The number of anilines is 3. The fourth-order valence-corrected chi connectivity index (χ4v) is 2.81. The lowest BCUT2D eigenvalue weighted by molar-refractivity contribution is 0.102. The lowest BCUT2D eigenvalue weighted by Gasteiger charge is -2.09. The van der Waals surface area contributed by atoms with E-state index in [1.807, 2.05) is 0 Å². The highest BCUT2D eigenvalue weighted by atomic mass is 35.5.